The lowest BCUT2D eigenvalue weighted by Gasteiger charge is -2.28. The molecule has 5 nitrogen and oxygen atoms in total. The van der Waals surface area contributed by atoms with Crippen molar-refractivity contribution in [2.75, 3.05) is 18.0 Å². The Morgan fingerprint density at radius 2 is 1.39 bits per heavy atom. The topological polar surface area (TPSA) is 64.9 Å². The third kappa shape index (κ3) is 4.67. The molecule has 0 atom stereocenters. The number of carbonyl (C=O) groups excluding carboxylic acids is 1. The number of aliphatic hydroxyl groups is 1. The number of hydrogen-bond acceptors (Lipinski definition) is 4. The SMILES string of the molecule is O=C(N/N=C/c1ccc(N2CCCCC2)cc1)C(O)(c1ccccc1)c1ccccc1. The second-order valence-corrected chi connectivity index (χ2v) is 7.78. The fraction of sp³-hybridized carbons (Fsp3) is 0.231. The highest BCUT2D eigenvalue weighted by Gasteiger charge is 2.39. The van der Waals surface area contributed by atoms with Crippen molar-refractivity contribution in [2.45, 2.75) is 24.9 Å². The van der Waals surface area contributed by atoms with Gasteiger partial charge < -0.3 is 10.0 Å². The van der Waals surface area contributed by atoms with Gasteiger partial charge in [-0.3, -0.25) is 4.79 Å². The minimum atomic E-state index is -1.84. The Morgan fingerprint density at radius 3 is 1.94 bits per heavy atom. The maximum Gasteiger partial charge on any atom is 0.281 e. The molecule has 0 unspecified atom stereocenters. The summed E-state index contributed by atoms with van der Waals surface area (Å²) in [7, 11) is 0. The van der Waals surface area contributed by atoms with Crippen LogP contribution in [0.15, 0.2) is 90.0 Å². The summed E-state index contributed by atoms with van der Waals surface area (Å²) in [5.41, 5.74) is 3.74. The number of nitrogens with zero attached hydrogens (tertiary/aromatic N) is 2. The summed E-state index contributed by atoms with van der Waals surface area (Å²) in [5.74, 6) is -0.605. The summed E-state index contributed by atoms with van der Waals surface area (Å²) in [6.07, 6.45) is 5.37. The van der Waals surface area contributed by atoms with Crippen molar-refractivity contribution in [1.82, 2.24) is 5.43 Å². The predicted octanol–water partition coefficient (Wildman–Crippen LogP) is 4.06. The molecule has 4 rings (SSSR count). The van der Waals surface area contributed by atoms with Crippen molar-refractivity contribution in [3.05, 3.63) is 102 Å². The molecule has 1 fully saturated rings. The van der Waals surface area contributed by atoms with Crippen LogP contribution < -0.4 is 10.3 Å². The lowest BCUT2D eigenvalue weighted by molar-refractivity contribution is -0.136. The number of carbonyl (C=O) groups is 1. The Bertz CT molecular complexity index is 972. The van der Waals surface area contributed by atoms with E-state index in [1.165, 1.54) is 24.9 Å². The van der Waals surface area contributed by atoms with E-state index in [9.17, 15) is 9.90 Å². The number of benzene rings is 3. The van der Waals surface area contributed by atoms with Crippen LogP contribution >= 0.6 is 0 Å². The van der Waals surface area contributed by atoms with Gasteiger partial charge in [0, 0.05) is 18.8 Å². The maximum atomic E-state index is 13.0. The van der Waals surface area contributed by atoms with Crippen LogP contribution in [-0.2, 0) is 10.4 Å². The minimum Gasteiger partial charge on any atom is -0.372 e. The number of hydrazone groups is 1. The molecule has 0 saturated carbocycles. The quantitative estimate of drug-likeness (QED) is 0.473. The molecular formula is C26H27N3O2. The fourth-order valence-electron chi connectivity index (χ4n) is 3.96. The first-order valence-corrected chi connectivity index (χ1v) is 10.7. The summed E-state index contributed by atoms with van der Waals surface area (Å²) in [6.45, 7) is 2.20. The van der Waals surface area contributed by atoms with Crippen LogP contribution in [0.5, 0.6) is 0 Å². The average molecular weight is 414 g/mol. The van der Waals surface area contributed by atoms with E-state index in [0.717, 1.165) is 18.7 Å². The fourth-order valence-corrected chi connectivity index (χ4v) is 3.96. The van der Waals surface area contributed by atoms with E-state index in [4.69, 9.17) is 0 Å². The number of rotatable bonds is 6. The number of hydrogen-bond donors (Lipinski definition) is 2. The highest BCUT2D eigenvalue weighted by Crippen LogP contribution is 2.29. The Balaban J connectivity index is 1.48. The molecule has 0 aliphatic carbocycles. The molecule has 1 aliphatic heterocycles. The smallest absolute Gasteiger partial charge is 0.281 e. The summed E-state index contributed by atoms with van der Waals surface area (Å²) >= 11 is 0. The molecule has 31 heavy (non-hydrogen) atoms. The van der Waals surface area contributed by atoms with Gasteiger partial charge in [0.15, 0.2) is 5.60 Å². The van der Waals surface area contributed by atoms with Gasteiger partial charge in [-0.05, 0) is 48.1 Å². The van der Waals surface area contributed by atoms with Crippen LogP contribution in [0.4, 0.5) is 5.69 Å². The van der Waals surface area contributed by atoms with Crippen LogP contribution in [0, 0.1) is 0 Å². The molecule has 1 heterocycles. The van der Waals surface area contributed by atoms with E-state index in [-0.39, 0.29) is 0 Å². The molecule has 0 spiro atoms. The highest BCUT2D eigenvalue weighted by molar-refractivity contribution is 5.91. The Hall–Kier alpha value is -3.44. The van der Waals surface area contributed by atoms with E-state index >= 15 is 0 Å². The van der Waals surface area contributed by atoms with Gasteiger partial charge in [-0.25, -0.2) is 5.43 Å². The van der Waals surface area contributed by atoms with Crippen molar-refractivity contribution in [2.24, 2.45) is 5.10 Å². The van der Waals surface area contributed by atoms with Crippen LogP contribution in [0.3, 0.4) is 0 Å². The molecule has 0 aromatic heterocycles. The molecule has 2 N–H and O–H groups in total. The van der Waals surface area contributed by atoms with Gasteiger partial charge in [0.05, 0.1) is 6.21 Å². The Morgan fingerprint density at radius 1 is 0.839 bits per heavy atom. The van der Waals surface area contributed by atoms with Crippen LogP contribution in [0.2, 0.25) is 0 Å². The largest absolute Gasteiger partial charge is 0.372 e. The lowest BCUT2D eigenvalue weighted by Crippen LogP contribution is -2.43. The third-order valence-electron chi connectivity index (χ3n) is 5.71. The van der Waals surface area contributed by atoms with E-state index in [2.05, 4.69) is 27.6 Å². The second-order valence-electron chi connectivity index (χ2n) is 7.78. The van der Waals surface area contributed by atoms with Gasteiger partial charge in [0.1, 0.15) is 0 Å². The monoisotopic (exact) mass is 413 g/mol. The van der Waals surface area contributed by atoms with Crippen molar-refractivity contribution in [1.29, 1.82) is 0 Å². The average Bonchev–Trinajstić information content (AvgIpc) is 2.85. The predicted molar refractivity (Wildman–Crippen MR) is 124 cm³/mol. The third-order valence-corrected chi connectivity index (χ3v) is 5.71. The number of amides is 1. The highest BCUT2D eigenvalue weighted by atomic mass is 16.3. The van der Waals surface area contributed by atoms with Gasteiger partial charge >= 0.3 is 0 Å². The zero-order chi connectivity index (χ0) is 21.5. The summed E-state index contributed by atoms with van der Waals surface area (Å²) < 4.78 is 0. The molecule has 5 heteroatoms. The molecular weight excluding hydrogens is 386 g/mol. The first kappa shape index (κ1) is 20.8. The number of piperidine rings is 1. The zero-order valence-electron chi connectivity index (χ0n) is 17.4. The molecule has 0 bridgehead atoms. The summed E-state index contributed by atoms with van der Waals surface area (Å²) in [4.78, 5) is 15.4. The van der Waals surface area contributed by atoms with Gasteiger partial charge in [0.25, 0.3) is 5.91 Å². The van der Waals surface area contributed by atoms with Gasteiger partial charge in [-0.15, -0.1) is 0 Å². The van der Waals surface area contributed by atoms with E-state index < -0.39 is 11.5 Å². The molecule has 3 aromatic rings. The minimum absolute atomic E-state index is 0.486. The number of anilines is 1. The first-order chi connectivity index (χ1) is 15.2. The first-order valence-electron chi connectivity index (χ1n) is 10.7. The van der Waals surface area contributed by atoms with E-state index in [0.29, 0.717) is 11.1 Å². The van der Waals surface area contributed by atoms with Crippen LogP contribution in [-0.4, -0.2) is 30.3 Å². The molecule has 158 valence electrons. The number of nitrogens with one attached hydrogen (secondary N) is 1. The molecule has 0 radical (unpaired) electrons. The van der Waals surface area contributed by atoms with E-state index in [1.54, 1.807) is 54.7 Å². The Labute approximate surface area is 183 Å². The lowest BCUT2D eigenvalue weighted by atomic mass is 9.85. The van der Waals surface area contributed by atoms with Crippen LogP contribution in [0.25, 0.3) is 0 Å². The molecule has 1 amide bonds. The van der Waals surface area contributed by atoms with Gasteiger partial charge in [-0.1, -0.05) is 72.8 Å². The maximum absolute atomic E-state index is 13.0. The molecule has 3 aromatic carbocycles. The van der Waals surface area contributed by atoms with Gasteiger partial charge in [0.2, 0.25) is 0 Å². The zero-order valence-corrected chi connectivity index (χ0v) is 17.4. The summed E-state index contributed by atoms with van der Waals surface area (Å²) in [5, 5.41) is 15.5. The van der Waals surface area contributed by atoms with Gasteiger partial charge in [-0.2, -0.15) is 5.10 Å². The molecule has 1 saturated heterocycles. The van der Waals surface area contributed by atoms with Crippen molar-refractivity contribution in [3.8, 4) is 0 Å². The van der Waals surface area contributed by atoms with Crippen molar-refractivity contribution < 1.29 is 9.90 Å². The van der Waals surface area contributed by atoms with Crippen LogP contribution in [0.1, 0.15) is 36.0 Å². The normalized spacial score (nSPS) is 14.5. The second kappa shape index (κ2) is 9.58. The van der Waals surface area contributed by atoms with Crippen molar-refractivity contribution >= 4 is 17.8 Å². The Kier molecular flexibility index (Phi) is 6.43. The standard InChI is InChI=1S/C26H27N3O2/c30-25(26(31,22-10-4-1-5-11-22)23-12-6-2-7-13-23)28-27-20-21-14-16-24(17-15-21)29-18-8-3-9-19-29/h1-2,4-7,10-17,20,31H,3,8-9,18-19H2,(H,28,30)/b27-20+. The van der Waals surface area contributed by atoms with E-state index in [1.807, 2.05) is 24.3 Å². The summed E-state index contributed by atoms with van der Waals surface area (Å²) in [6, 6.07) is 25.9. The molecule has 1 aliphatic rings. The van der Waals surface area contributed by atoms with Crippen molar-refractivity contribution in [3.63, 3.8) is 0 Å².